The predicted octanol–water partition coefficient (Wildman–Crippen LogP) is 14.3. The molecular weight excluding hydrogens is 665 g/mol. The van der Waals surface area contributed by atoms with E-state index in [0.717, 1.165) is 11.8 Å². The summed E-state index contributed by atoms with van der Waals surface area (Å²) in [4.78, 5) is 4.86. The van der Waals surface area contributed by atoms with Gasteiger partial charge in [0.2, 0.25) is 0 Å². The van der Waals surface area contributed by atoms with Gasteiger partial charge in [-0.2, -0.15) is 0 Å². The highest BCUT2D eigenvalue weighted by Crippen LogP contribution is 2.71. The predicted molar refractivity (Wildman–Crippen MR) is 231 cm³/mol. The molecule has 0 spiro atoms. The first-order valence-electron chi connectivity index (χ1n) is 20.0. The van der Waals surface area contributed by atoms with E-state index in [4.69, 9.17) is 0 Å². The maximum absolute atomic E-state index is 2.48. The highest BCUT2D eigenvalue weighted by Gasteiger charge is 2.64. The molecule has 4 bridgehead atoms. The Bertz CT molecular complexity index is 2640. The number of nitrogens with zero attached hydrogens (tertiary/aromatic N) is 2. The molecule has 8 aromatic carbocycles. The zero-order chi connectivity index (χ0) is 36.4. The summed E-state index contributed by atoms with van der Waals surface area (Å²) < 4.78 is 0. The van der Waals surface area contributed by atoms with Crippen LogP contribution in [0, 0.1) is 11.8 Å². The van der Waals surface area contributed by atoms with Gasteiger partial charge in [0.05, 0.1) is 11.4 Å². The van der Waals surface area contributed by atoms with Crippen LogP contribution in [0.3, 0.4) is 0 Å². The average Bonchev–Trinajstić information content (AvgIpc) is 3.64. The van der Waals surface area contributed by atoms with Crippen LogP contribution in [0.5, 0.6) is 0 Å². The van der Waals surface area contributed by atoms with Crippen LogP contribution < -0.4 is 9.80 Å². The van der Waals surface area contributed by atoms with Crippen molar-refractivity contribution in [3.8, 4) is 0 Å². The van der Waals surface area contributed by atoms with Crippen LogP contribution in [-0.4, -0.2) is 0 Å². The van der Waals surface area contributed by atoms with Gasteiger partial charge in [-0.05, 0) is 137 Å². The molecule has 0 heterocycles. The Hall–Kier alpha value is -6.12. The number of hydrogen-bond acceptors (Lipinski definition) is 2. The second kappa shape index (κ2) is 12.7. The highest BCUT2D eigenvalue weighted by molar-refractivity contribution is 6.00. The number of anilines is 6. The average molecular weight is 709 g/mol. The maximum atomic E-state index is 2.48. The fourth-order valence-corrected chi connectivity index (χ4v) is 11.4. The number of fused-ring (bicyclic) bond motifs is 2. The summed E-state index contributed by atoms with van der Waals surface area (Å²) in [7, 11) is 0. The molecule has 0 N–H and O–H groups in total. The van der Waals surface area contributed by atoms with Crippen molar-refractivity contribution in [2.75, 3.05) is 9.80 Å². The quantitative estimate of drug-likeness (QED) is 0.155. The van der Waals surface area contributed by atoms with Gasteiger partial charge in [0.15, 0.2) is 0 Å². The molecule has 0 aliphatic heterocycles. The first-order chi connectivity index (χ1) is 27.2. The van der Waals surface area contributed by atoms with Crippen molar-refractivity contribution in [3.05, 3.63) is 205 Å². The van der Waals surface area contributed by atoms with Crippen LogP contribution in [0.2, 0.25) is 0 Å². The minimum absolute atomic E-state index is 0.235. The summed E-state index contributed by atoms with van der Waals surface area (Å²) in [5.41, 5.74) is 10.7. The largest absolute Gasteiger partial charge is 0.310 e. The van der Waals surface area contributed by atoms with Crippen LogP contribution in [0.25, 0.3) is 21.5 Å². The van der Waals surface area contributed by atoms with Crippen LogP contribution in [-0.2, 0) is 10.8 Å². The fourth-order valence-electron chi connectivity index (χ4n) is 11.4. The highest BCUT2D eigenvalue weighted by atomic mass is 15.1. The van der Waals surface area contributed by atoms with E-state index in [1.54, 1.807) is 5.56 Å². The van der Waals surface area contributed by atoms with Gasteiger partial charge in [-0.3, -0.25) is 0 Å². The molecule has 4 aliphatic rings. The SMILES string of the molecule is c1ccc(N(c2ccc(C34CC5CC(C3)C(c3ccc(N(c6ccccc6)c6cccc7ccccc67)cc3)(C5)C4)cc2)c2cccc3ccccc23)cc1. The molecule has 12 rings (SSSR count). The number of para-hydroxylation sites is 2. The molecular formula is C53H44N2. The number of benzene rings is 8. The molecule has 0 radical (unpaired) electrons. The molecule has 4 atom stereocenters. The minimum atomic E-state index is 0.235. The second-order valence-corrected chi connectivity index (χ2v) is 16.5. The van der Waals surface area contributed by atoms with Crippen LogP contribution in [0.4, 0.5) is 34.1 Å². The van der Waals surface area contributed by atoms with E-state index < -0.39 is 0 Å². The van der Waals surface area contributed by atoms with Crippen LogP contribution >= 0.6 is 0 Å². The Balaban J connectivity index is 0.933. The Labute approximate surface area is 324 Å². The number of rotatable bonds is 8. The van der Waals surface area contributed by atoms with E-state index in [9.17, 15) is 0 Å². The Morgan fingerprint density at radius 3 is 1.38 bits per heavy atom. The smallest absolute Gasteiger partial charge is 0.0540 e. The molecule has 0 amide bonds. The molecule has 2 heteroatoms. The van der Waals surface area contributed by atoms with Crippen molar-refractivity contribution < 1.29 is 0 Å². The van der Waals surface area contributed by atoms with E-state index in [1.807, 2.05) is 0 Å². The van der Waals surface area contributed by atoms with Crippen molar-refractivity contribution in [3.63, 3.8) is 0 Å². The summed E-state index contributed by atoms with van der Waals surface area (Å²) in [6, 6.07) is 71.9. The first-order valence-corrected chi connectivity index (χ1v) is 20.0. The van der Waals surface area contributed by atoms with E-state index in [-0.39, 0.29) is 10.8 Å². The Kier molecular flexibility index (Phi) is 7.49. The zero-order valence-electron chi connectivity index (χ0n) is 31.1. The van der Waals surface area contributed by atoms with Gasteiger partial charge in [0.25, 0.3) is 0 Å². The summed E-state index contributed by atoms with van der Waals surface area (Å²) >= 11 is 0. The summed E-state index contributed by atoms with van der Waals surface area (Å²) in [5.74, 6) is 1.52. The van der Waals surface area contributed by atoms with Crippen molar-refractivity contribution in [2.24, 2.45) is 11.8 Å². The summed E-state index contributed by atoms with van der Waals surface area (Å²) in [6.07, 6.45) is 6.55. The maximum Gasteiger partial charge on any atom is 0.0540 e. The normalized spacial score (nSPS) is 22.3. The van der Waals surface area contributed by atoms with Crippen LogP contribution in [0.1, 0.15) is 43.2 Å². The lowest BCUT2D eigenvalue weighted by Crippen LogP contribution is -2.35. The molecule has 55 heavy (non-hydrogen) atoms. The van der Waals surface area contributed by atoms with E-state index in [2.05, 4.69) is 204 Å². The molecule has 4 unspecified atom stereocenters. The molecule has 4 fully saturated rings. The fraction of sp³-hybridized carbons (Fsp3) is 0.170. The number of hydrogen-bond donors (Lipinski definition) is 0. The summed E-state index contributed by atoms with van der Waals surface area (Å²) in [6.45, 7) is 0. The van der Waals surface area contributed by atoms with Crippen molar-refractivity contribution >= 4 is 55.7 Å². The van der Waals surface area contributed by atoms with Crippen molar-refractivity contribution in [1.82, 2.24) is 0 Å². The lowest BCUT2D eigenvalue weighted by molar-refractivity contribution is 0.220. The van der Waals surface area contributed by atoms with Gasteiger partial charge in [0, 0.05) is 33.5 Å². The summed E-state index contributed by atoms with van der Waals surface area (Å²) in [5, 5.41) is 5.05. The third-order valence-corrected chi connectivity index (χ3v) is 13.5. The third-order valence-electron chi connectivity index (χ3n) is 13.5. The lowest BCUT2D eigenvalue weighted by atomic mass is 9.62. The Morgan fingerprint density at radius 1 is 0.382 bits per heavy atom. The molecule has 0 saturated heterocycles. The van der Waals surface area contributed by atoms with Crippen molar-refractivity contribution in [1.29, 1.82) is 0 Å². The van der Waals surface area contributed by atoms with E-state index in [1.165, 1.54) is 93.3 Å². The molecule has 8 aromatic rings. The molecule has 2 nitrogen and oxygen atoms in total. The topological polar surface area (TPSA) is 6.48 Å². The van der Waals surface area contributed by atoms with Crippen molar-refractivity contribution in [2.45, 2.75) is 42.9 Å². The first kappa shape index (κ1) is 32.3. The molecule has 266 valence electrons. The zero-order valence-corrected chi connectivity index (χ0v) is 31.1. The van der Waals surface area contributed by atoms with Gasteiger partial charge in [0.1, 0.15) is 0 Å². The lowest BCUT2D eigenvalue weighted by Gasteiger charge is -2.42. The molecule has 4 aliphatic carbocycles. The van der Waals surface area contributed by atoms with Gasteiger partial charge in [-0.1, -0.05) is 133 Å². The van der Waals surface area contributed by atoms with Crippen LogP contribution in [0.15, 0.2) is 194 Å². The minimum Gasteiger partial charge on any atom is -0.310 e. The van der Waals surface area contributed by atoms with Gasteiger partial charge in [-0.25, -0.2) is 0 Å². The van der Waals surface area contributed by atoms with E-state index in [0.29, 0.717) is 0 Å². The molecule has 4 saturated carbocycles. The molecule has 0 aromatic heterocycles. The monoisotopic (exact) mass is 708 g/mol. The standard InChI is InChI=1S/C53H44N2/c1-3-17-44(18-4-1)54(50-23-11-15-39-13-7-9-21-48(39)50)46-29-25-41(26-30-46)52-34-38-33-43(36-52)53(35-38,37-52)42-27-31-47(32-28-42)55(45-19-5-2-6-20-45)51-24-12-16-40-14-8-10-22-49(40)51/h1-32,38,43H,33-37H2. The van der Waals surface area contributed by atoms with E-state index >= 15 is 0 Å². The Morgan fingerprint density at radius 2 is 0.836 bits per heavy atom. The van der Waals surface area contributed by atoms with Gasteiger partial charge < -0.3 is 9.80 Å². The second-order valence-electron chi connectivity index (χ2n) is 16.5. The van der Waals surface area contributed by atoms with Gasteiger partial charge in [-0.15, -0.1) is 0 Å². The van der Waals surface area contributed by atoms with Gasteiger partial charge >= 0.3 is 0 Å². The third kappa shape index (κ3) is 5.23.